The number of hydroxylamine groups is 2. The van der Waals surface area contributed by atoms with E-state index in [4.69, 9.17) is 4.74 Å². The van der Waals surface area contributed by atoms with Gasteiger partial charge in [-0.3, -0.25) is 10.3 Å². The van der Waals surface area contributed by atoms with Gasteiger partial charge in [0.05, 0.1) is 12.2 Å². The van der Waals surface area contributed by atoms with E-state index in [9.17, 15) is 10.0 Å². The zero-order valence-corrected chi connectivity index (χ0v) is 11.1. The molecule has 0 saturated carbocycles. The van der Waals surface area contributed by atoms with E-state index in [0.29, 0.717) is 18.0 Å². The Kier molecular flexibility index (Phi) is 3.53. The van der Waals surface area contributed by atoms with Crippen LogP contribution in [0.3, 0.4) is 0 Å². The van der Waals surface area contributed by atoms with Gasteiger partial charge in [0.15, 0.2) is 0 Å². The fourth-order valence-corrected chi connectivity index (χ4v) is 1.94. The first-order valence-electron chi connectivity index (χ1n) is 6.37. The molecule has 0 unspecified atom stereocenters. The number of carbonyl (C=O) groups is 1. The van der Waals surface area contributed by atoms with Crippen LogP contribution in [0.5, 0.6) is 5.75 Å². The lowest BCUT2D eigenvalue weighted by Crippen LogP contribution is -2.17. The minimum atomic E-state index is -0.534. The van der Waals surface area contributed by atoms with Gasteiger partial charge in [-0.05, 0) is 18.2 Å². The number of nitrogens with zero attached hydrogens (tertiary/aromatic N) is 3. The van der Waals surface area contributed by atoms with Crippen molar-refractivity contribution < 1.29 is 14.7 Å². The third kappa shape index (κ3) is 3.01. The molecule has 1 aliphatic rings. The Labute approximate surface area is 121 Å². The second kappa shape index (κ2) is 5.64. The fourth-order valence-electron chi connectivity index (χ4n) is 1.94. The monoisotopic (exact) mass is 283 g/mol. The van der Waals surface area contributed by atoms with Crippen molar-refractivity contribution in [2.24, 2.45) is 0 Å². The van der Waals surface area contributed by atoms with Crippen molar-refractivity contribution in [3.05, 3.63) is 66.9 Å². The molecule has 2 heterocycles. The van der Waals surface area contributed by atoms with Crippen molar-refractivity contribution in [2.45, 2.75) is 0 Å². The molecule has 0 aliphatic carbocycles. The first-order valence-corrected chi connectivity index (χ1v) is 6.37. The molecule has 2 aromatic rings. The topological polar surface area (TPSA) is 67.6 Å². The second-order valence-corrected chi connectivity index (χ2v) is 4.48. The molecule has 106 valence electrons. The van der Waals surface area contributed by atoms with E-state index in [1.165, 1.54) is 10.9 Å². The maximum Gasteiger partial charge on any atom is 0.424 e. The lowest BCUT2D eigenvalue weighted by atomic mass is 10.1. The van der Waals surface area contributed by atoms with E-state index in [-0.39, 0.29) is 0 Å². The summed E-state index contributed by atoms with van der Waals surface area (Å²) in [7, 11) is 0. The van der Waals surface area contributed by atoms with Gasteiger partial charge in [-0.25, -0.2) is 14.3 Å². The number of ether oxygens (including phenoxy) is 1. The minimum absolute atomic E-state index is 0.321. The van der Waals surface area contributed by atoms with Crippen LogP contribution in [-0.4, -0.2) is 32.5 Å². The van der Waals surface area contributed by atoms with Crippen molar-refractivity contribution in [1.29, 1.82) is 0 Å². The molecule has 0 saturated heterocycles. The molecule has 1 aliphatic heterocycles. The zero-order chi connectivity index (χ0) is 14.7. The van der Waals surface area contributed by atoms with Crippen molar-refractivity contribution in [3.63, 3.8) is 0 Å². The van der Waals surface area contributed by atoms with Crippen LogP contribution < -0.4 is 4.74 Å². The molecule has 0 fully saturated rings. The van der Waals surface area contributed by atoms with Gasteiger partial charge in [0.1, 0.15) is 12.1 Å². The van der Waals surface area contributed by atoms with E-state index in [1.807, 2.05) is 12.1 Å². The predicted molar refractivity (Wildman–Crippen MR) is 75.7 cm³/mol. The Morgan fingerprint density at radius 1 is 1.29 bits per heavy atom. The molecule has 1 aromatic heterocycles. The SMILES string of the molecule is O=C(Oc1ccccc1)n1cnc(C2=CC=CN(O)C2)c1. The average Bonchev–Trinajstić information content (AvgIpc) is 2.98. The van der Waals surface area contributed by atoms with Gasteiger partial charge in [-0.15, -0.1) is 0 Å². The van der Waals surface area contributed by atoms with Crippen LogP contribution in [0.2, 0.25) is 0 Å². The highest BCUT2D eigenvalue weighted by molar-refractivity contribution is 5.75. The molecule has 6 heteroatoms. The molecule has 0 radical (unpaired) electrons. The van der Waals surface area contributed by atoms with E-state index < -0.39 is 6.09 Å². The Bertz CT molecular complexity index is 704. The first kappa shape index (κ1) is 13.1. The van der Waals surface area contributed by atoms with Gasteiger partial charge < -0.3 is 4.74 Å². The van der Waals surface area contributed by atoms with Crippen molar-refractivity contribution >= 4 is 11.7 Å². The molecule has 0 spiro atoms. The summed E-state index contributed by atoms with van der Waals surface area (Å²) in [4.78, 5) is 16.1. The molecule has 0 amide bonds. The van der Waals surface area contributed by atoms with E-state index in [0.717, 1.165) is 10.6 Å². The average molecular weight is 283 g/mol. The van der Waals surface area contributed by atoms with Gasteiger partial charge in [0, 0.05) is 18.0 Å². The van der Waals surface area contributed by atoms with Gasteiger partial charge >= 0.3 is 6.09 Å². The standard InChI is InChI=1S/C15H13N3O3/c19-15(21-13-6-2-1-3-7-13)17-10-14(16-11-17)12-5-4-8-18(20)9-12/h1-8,10-11,20H,9H2. The van der Waals surface area contributed by atoms with Gasteiger partial charge in [-0.1, -0.05) is 24.3 Å². The van der Waals surface area contributed by atoms with E-state index in [1.54, 1.807) is 42.7 Å². The molecule has 1 aromatic carbocycles. The number of imidazole rings is 1. The predicted octanol–water partition coefficient (Wildman–Crippen LogP) is 2.53. The molecule has 6 nitrogen and oxygen atoms in total. The normalized spacial score (nSPS) is 14.0. The highest BCUT2D eigenvalue weighted by Gasteiger charge is 2.14. The van der Waals surface area contributed by atoms with Crippen LogP contribution in [0, 0.1) is 0 Å². The van der Waals surface area contributed by atoms with Crippen LogP contribution in [0.25, 0.3) is 5.57 Å². The smallest absolute Gasteiger partial charge is 0.410 e. The molecule has 0 bridgehead atoms. The lowest BCUT2D eigenvalue weighted by molar-refractivity contribution is -0.0279. The maximum atomic E-state index is 12.0. The quantitative estimate of drug-likeness (QED) is 0.917. The summed E-state index contributed by atoms with van der Waals surface area (Å²) < 4.78 is 6.48. The number of benzene rings is 1. The number of para-hydroxylation sites is 1. The summed E-state index contributed by atoms with van der Waals surface area (Å²) in [6.07, 6.45) is 7.52. The summed E-state index contributed by atoms with van der Waals surface area (Å²) in [6.45, 7) is 0.321. The number of hydrogen-bond acceptors (Lipinski definition) is 5. The highest BCUT2D eigenvalue weighted by atomic mass is 16.6. The Balaban J connectivity index is 1.74. The van der Waals surface area contributed by atoms with Gasteiger partial charge in [0.25, 0.3) is 0 Å². The largest absolute Gasteiger partial charge is 0.424 e. The summed E-state index contributed by atoms with van der Waals surface area (Å²) in [5.41, 5.74) is 1.43. The Morgan fingerprint density at radius 3 is 2.86 bits per heavy atom. The van der Waals surface area contributed by atoms with E-state index >= 15 is 0 Å². The highest BCUT2D eigenvalue weighted by Crippen LogP contribution is 2.17. The van der Waals surface area contributed by atoms with Gasteiger partial charge in [0.2, 0.25) is 0 Å². The third-order valence-corrected chi connectivity index (χ3v) is 2.96. The zero-order valence-electron chi connectivity index (χ0n) is 11.1. The summed E-state index contributed by atoms with van der Waals surface area (Å²) in [5.74, 6) is 0.471. The fraction of sp³-hybridized carbons (Fsp3) is 0.0667. The number of hydrogen-bond donors (Lipinski definition) is 1. The maximum absolute atomic E-state index is 12.0. The van der Waals surface area contributed by atoms with Gasteiger partial charge in [-0.2, -0.15) is 0 Å². The number of aromatic nitrogens is 2. The first-order chi connectivity index (χ1) is 10.2. The number of carbonyl (C=O) groups excluding carboxylic acids is 1. The minimum Gasteiger partial charge on any atom is -0.410 e. The van der Waals surface area contributed by atoms with Crippen molar-refractivity contribution in [3.8, 4) is 5.75 Å². The molecule has 3 rings (SSSR count). The lowest BCUT2D eigenvalue weighted by Gasteiger charge is -2.16. The Hall–Kier alpha value is -2.86. The van der Waals surface area contributed by atoms with Crippen LogP contribution >= 0.6 is 0 Å². The molecule has 0 atom stereocenters. The summed E-state index contributed by atoms with van der Waals surface area (Å²) in [6, 6.07) is 8.83. The molecule has 1 N–H and O–H groups in total. The van der Waals surface area contributed by atoms with Crippen LogP contribution in [0.1, 0.15) is 5.69 Å². The number of rotatable bonds is 2. The molecular weight excluding hydrogens is 270 g/mol. The van der Waals surface area contributed by atoms with Crippen molar-refractivity contribution in [1.82, 2.24) is 14.6 Å². The van der Waals surface area contributed by atoms with E-state index in [2.05, 4.69) is 4.98 Å². The summed E-state index contributed by atoms with van der Waals surface area (Å²) in [5, 5.41) is 10.5. The van der Waals surface area contributed by atoms with Crippen LogP contribution in [0.15, 0.2) is 61.2 Å². The van der Waals surface area contributed by atoms with Crippen molar-refractivity contribution in [2.75, 3.05) is 6.54 Å². The summed E-state index contributed by atoms with van der Waals surface area (Å²) >= 11 is 0. The Morgan fingerprint density at radius 2 is 2.10 bits per heavy atom. The molecular formula is C15H13N3O3. The molecule has 21 heavy (non-hydrogen) atoms. The second-order valence-electron chi connectivity index (χ2n) is 4.48. The van der Waals surface area contributed by atoms with Crippen LogP contribution in [0.4, 0.5) is 4.79 Å². The van der Waals surface area contributed by atoms with Crippen LogP contribution in [-0.2, 0) is 0 Å². The third-order valence-electron chi connectivity index (χ3n) is 2.96. The number of allylic oxidation sites excluding steroid dienone is 2.